The normalized spacial score (nSPS) is 14.5. The van der Waals surface area contributed by atoms with Gasteiger partial charge in [0.2, 0.25) is 11.8 Å². The average Bonchev–Trinajstić information content (AvgIpc) is 2.11. The van der Waals surface area contributed by atoms with Crippen LogP contribution in [-0.4, -0.2) is 23.9 Å². The predicted octanol–water partition coefficient (Wildman–Crippen LogP) is 1.06. The monoisotopic (exact) mass is 214 g/mol. The van der Waals surface area contributed by atoms with E-state index in [2.05, 4.69) is 24.5 Å². The van der Waals surface area contributed by atoms with E-state index in [0.29, 0.717) is 5.92 Å². The van der Waals surface area contributed by atoms with Crippen molar-refractivity contribution in [2.45, 2.75) is 53.1 Å². The molecular formula is C11H22N2O2. The quantitative estimate of drug-likeness (QED) is 0.719. The molecule has 0 aromatic rings. The molecule has 0 aromatic carbocycles. The Labute approximate surface area is 91.8 Å². The number of hydrogen-bond donors (Lipinski definition) is 2. The van der Waals surface area contributed by atoms with E-state index >= 15 is 0 Å². The molecule has 0 radical (unpaired) electrons. The van der Waals surface area contributed by atoms with Gasteiger partial charge in [-0.15, -0.1) is 0 Å². The second-order valence-electron chi connectivity index (χ2n) is 4.19. The van der Waals surface area contributed by atoms with Crippen LogP contribution in [0.3, 0.4) is 0 Å². The number of carbonyl (C=O) groups is 2. The highest BCUT2D eigenvalue weighted by atomic mass is 16.2. The van der Waals surface area contributed by atoms with Gasteiger partial charge in [0.15, 0.2) is 0 Å². The zero-order chi connectivity index (χ0) is 12.0. The fraction of sp³-hybridized carbons (Fsp3) is 0.818. The summed E-state index contributed by atoms with van der Waals surface area (Å²) in [5, 5.41) is 5.48. The van der Waals surface area contributed by atoms with E-state index in [4.69, 9.17) is 0 Å². The molecule has 2 atom stereocenters. The van der Waals surface area contributed by atoms with Crippen molar-refractivity contribution in [1.29, 1.82) is 0 Å². The third-order valence-corrected chi connectivity index (χ3v) is 2.39. The minimum absolute atomic E-state index is 0.120. The van der Waals surface area contributed by atoms with Crippen LogP contribution in [0.15, 0.2) is 0 Å². The van der Waals surface area contributed by atoms with Gasteiger partial charge in [-0.05, 0) is 19.3 Å². The largest absolute Gasteiger partial charge is 0.351 e. The Bertz CT molecular complexity index is 227. The zero-order valence-electron chi connectivity index (χ0n) is 10.3. The molecule has 88 valence electrons. The number of nitrogens with one attached hydrogen (secondary N) is 2. The fourth-order valence-electron chi connectivity index (χ4n) is 1.42. The first-order valence-electron chi connectivity index (χ1n) is 5.46. The third-order valence-electron chi connectivity index (χ3n) is 2.39. The Morgan fingerprint density at radius 1 is 1.13 bits per heavy atom. The number of hydrogen-bond acceptors (Lipinski definition) is 2. The summed E-state index contributed by atoms with van der Waals surface area (Å²) in [6.45, 7) is 9.26. The molecule has 0 bridgehead atoms. The molecule has 4 nitrogen and oxygen atoms in total. The first-order chi connectivity index (χ1) is 6.88. The molecule has 0 saturated carbocycles. The van der Waals surface area contributed by atoms with Gasteiger partial charge in [-0.25, -0.2) is 0 Å². The van der Waals surface area contributed by atoms with Crippen molar-refractivity contribution in [3.05, 3.63) is 0 Å². The van der Waals surface area contributed by atoms with Gasteiger partial charge in [-0.3, -0.25) is 9.59 Å². The van der Waals surface area contributed by atoms with Crippen molar-refractivity contribution in [2.75, 3.05) is 0 Å². The predicted molar refractivity (Wildman–Crippen MR) is 60.3 cm³/mol. The zero-order valence-corrected chi connectivity index (χ0v) is 10.3. The summed E-state index contributed by atoms with van der Waals surface area (Å²) in [5.74, 6) is 0.101. The molecule has 0 aliphatic heterocycles. The van der Waals surface area contributed by atoms with Crippen LogP contribution in [0.5, 0.6) is 0 Å². The van der Waals surface area contributed by atoms with Crippen LogP contribution in [0.2, 0.25) is 0 Å². The minimum Gasteiger partial charge on any atom is -0.351 e. The van der Waals surface area contributed by atoms with Gasteiger partial charge in [0.05, 0.1) is 0 Å². The van der Waals surface area contributed by atoms with Gasteiger partial charge >= 0.3 is 0 Å². The molecule has 0 rings (SSSR count). The smallest absolute Gasteiger partial charge is 0.242 e. The van der Waals surface area contributed by atoms with Crippen molar-refractivity contribution >= 4 is 11.8 Å². The highest BCUT2D eigenvalue weighted by molar-refractivity contribution is 5.86. The van der Waals surface area contributed by atoms with Crippen LogP contribution in [0.4, 0.5) is 0 Å². The standard InChI is InChI=1S/C11H22N2O2/c1-6-10(7(2)3)13-11(15)8(4)12-9(5)14/h7-8,10H,6H2,1-5H3,(H,12,14)(H,13,15). The first-order valence-corrected chi connectivity index (χ1v) is 5.46. The molecule has 0 heterocycles. The number of carbonyl (C=O) groups excluding carboxylic acids is 2. The summed E-state index contributed by atoms with van der Waals surface area (Å²) in [6, 6.07) is -0.288. The van der Waals surface area contributed by atoms with Crippen molar-refractivity contribution < 1.29 is 9.59 Å². The van der Waals surface area contributed by atoms with E-state index in [1.54, 1.807) is 6.92 Å². The summed E-state index contributed by atoms with van der Waals surface area (Å²) in [6.07, 6.45) is 0.899. The highest BCUT2D eigenvalue weighted by Gasteiger charge is 2.18. The third kappa shape index (κ3) is 5.40. The Hall–Kier alpha value is -1.06. The van der Waals surface area contributed by atoms with E-state index in [1.807, 2.05) is 6.92 Å². The van der Waals surface area contributed by atoms with Crippen molar-refractivity contribution in [1.82, 2.24) is 10.6 Å². The maximum absolute atomic E-state index is 11.6. The molecule has 2 unspecified atom stereocenters. The summed E-state index contributed by atoms with van der Waals surface area (Å²) in [5.41, 5.74) is 0. The van der Waals surface area contributed by atoms with E-state index in [9.17, 15) is 9.59 Å². The Kier molecular flexibility index (Phi) is 5.97. The number of amides is 2. The van der Waals surface area contributed by atoms with E-state index in [0.717, 1.165) is 6.42 Å². The molecule has 2 amide bonds. The SMILES string of the molecule is CCC(NC(=O)C(C)NC(C)=O)C(C)C. The molecule has 0 aromatic heterocycles. The Balaban J connectivity index is 4.15. The van der Waals surface area contributed by atoms with Crippen molar-refractivity contribution in [3.63, 3.8) is 0 Å². The van der Waals surface area contributed by atoms with Crippen LogP contribution < -0.4 is 10.6 Å². The van der Waals surface area contributed by atoms with Gasteiger partial charge in [-0.2, -0.15) is 0 Å². The fourth-order valence-corrected chi connectivity index (χ4v) is 1.42. The van der Waals surface area contributed by atoms with Gasteiger partial charge in [0.1, 0.15) is 6.04 Å². The summed E-state index contributed by atoms with van der Waals surface area (Å²) >= 11 is 0. The second kappa shape index (κ2) is 6.43. The van der Waals surface area contributed by atoms with Crippen molar-refractivity contribution in [3.8, 4) is 0 Å². The van der Waals surface area contributed by atoms with Crippen LogP contribution in [0.25, 0.3) is 0 Å². The second-order valence-corrected chi connectivity index (χ2v) is 4.19. The van der Waals surface area contributed by atoms with E-state index < -0.39 is 6.04 Å². The highest BCUT2D eigenvalue weighted by Crippen LogP contribution is 2.05. The maximum atomic E-state index is 11.6. The molecule has 2 N–H and O–H groups in total. The Morgan fingerprint density at radius 3 is 2.00 bits per heavy atom. The van der Waals surface area contributed by atoms with Crippen molar-refractivity contribution in [2.24, 2.45) is 5.92 Å². The maximum Gasteiger partial charge on any atom is 0.242 e. The summed E-state index contributed by atoms with van der Waals surface area (Å²) in [4.78, 5) is 22.4. The van der Waals surface area contributed by atoms with Crippen LogP contribution in [0.1, 0.15) is 41.0 Å². The van der Waals surface area contributed by atoms with Crippen LogP contribution >= 0.6 is 0 Å². The molecule has 0 spiro atoms. The Morgan fingerprint density at radius 2 is 1.67 bits per heavy atom. The molecule has 0 aliphatic carbocycles. The molecule has 15 heavy (non-hydrogen) atoms. The average molecular weight is 214 g/mol. The lowest BCUT2D eigenvalue weighted by atomic mass is 10.0. The minimum atomic E-state index is -0.463. The van der Waals surface area contributed by atoms with Gasteiger partial charge in [-0.1, -0.05) is 20.8 Å². The van der Waals surface area contributed by atoms with E-state index in [-0.39, 0.29) is 17.9 Å². The molecule has 4 heteroatoms. The first kappa shape index (κ1) is 13.9. The molecule has 0 saturated heterocycles. The van der Waals surface area contributed by atoms with Gasteiger partial charge < -0.3 is 10.6 Å². The summed E-state index contributed by atoms with van der Waals surface area (Å²) in [7, 11) is 0. The lowest BCUT2D eigenvalue weighted by Crippen LogP contribution is -2.48. The molecule has 0 aliphatic rings. The lowest BCUT2D eigenvalue weighted by molar-refractivity contribution is -0.128. The van der Waals surface area contributed by atoms with Gasteiger partial charge in [0.25, 0.3) is 0 Å². The van der Waals surface area contributed by atoms with E-state index in [1.165, 1.54) is 6.92 Å². The van der Waals surface area contributed by atoms with Crippen LogP contribution in [-0.2, 0) is 9.59 Å². The van der Waals surface area contributed by atoms with Crippen LogP contribution in [0, 0.1) is 5.92 Å². The number of rotatable bonds is 5. The lowest BCUT2D eigenvalue weighted by Gasteiger charge is -2.23. The summed E-state index contributed by atoms with van der Waals surface area (Å²) < 4.78 is 0. The topological polar surface area (TPSA) is 58.2 Å². The van der Waals surface area contributed by atoms with Gasteiger partial charge in [0, 0.05) is 13.0 Å². The molecular weight excluding hydrogens is 192 g/mol. The molecule has 0 fully saturated rings.